The third-order valence-electron chi connectivity index (χ3n) is 4.35. The zero-order valence-corrected chi connectivity index (χ0v) is 16.0. The van der Waals surface area contributed by atoms with E-state index in [4.69, 9.17) is 4.74 Å². The molecule has 5 nitrogen and oxygen atoms in total. The summed E-state index contributed by atoms with van der Waals surface area (Å²) in [7, 11) is 3.92. The normalized spacial score (nSPS) is 11.5. The molecule has 0 saturated carbocycles. The topological polar surface area (TPSA) is 61.8 Å². The molecule has 0 radical (unpaired) electrons. The lowest BCUT2D eigenvalue weighted by Gasteiger charge is -2.16. The summed E-state index contributed by atoms with van der Waals surface area (Å²) in [6.45, 7) is 0.111. The Morgan fingerprint density at radius 3 is 2.29 bits per heavy atom. The number of para-hydroxylation sites is 2. The number of aliphatic hydroxyl groups is 1. The molecule has 0 spiro atoms. The molecule has 5 heteroatoms. The van der Waals surface area contributed by atoms with Crippen LogP contribution in [0.4, 0.5) is 5.69 Å². The highest BCUT2D eigenvalue weighted by Crippen LogP contribution is 2.25. The second-order valence-electron chi connectivity index (χ2n) is 6.62. The Hall–Kier alpha value is -3.31. The number of carbonyl (C=O) groups is 1. The van der Waals surface area contributed by atoms with Gasteiger partial charge in [-0.3, -0.25) is 4.79 Å². The second-order valence-corrected chi connectivity index (χ2v) is 6.62. The van der Waals surface area contributed by atoms with Crippen molar-refractivity contribution in [2.45, 2.75) is 6.10 Å². The van der Waals surface area contributed by atoms with Crippen molar-refractivity contribution in [2.24, 2.45) is 0 Å². The molecule has 1 unspecified atom stereocenters. The Labute approximate surface area is 165 Å². The van der Waals surface area contributed by atoms with E-state index >= 15 is 0 Å². The maximum atomic E-state index is 12.6. The van der Waals surface area contributed by atoms with Gasteiger partial charge < -0.3 is 20.1 Å². The van der Waals surface area contributed by atoms with Gasteiger partial charge >= 0.3 is 0 Å². The number of ether oxygens (including phenoxy) is 1. The van der Waals surface area contributed by atoms with Gasteiger partial charge in [0.1, 0.15) is 11.5 Å². The van der Waals surface area contributed by atoms with Gasteiger partial charge in [0.05, 0.1) is 11.7 Å². The largest absolute Gasteiger partial charge is 0.457 e. The van der Waals surface area contributed by atoms with Crippen LogP contribution >= 0.6 is 0 Å². The molecule has 0 heterocycles. The van der Waals surface area contributed by atoms with Crippen molar-refractivity contribution in [3.8, 4) is 11.5 Å². The van der Waals surface area contributed by atoms with Crippen LogP contribution in [0.5, 0.6) is 11.5 Å². The van der Waals surface area contributed by atoms with Crippen molar-refractivity contribution >= 4 is 11.6 Å². The molecule has 0 aliphatic rings. The van der Waals surface area contributed by atoms with Gasteiger partial charge in [0.15, 0.2) is 0 Å². The maximum Gasteiger partial charge on any atom is 0.255 e. The molecule has 1 atom stereocenters. The van der Waals surface area contributed by atoms with Crippen LogP contribution in [-0.4, -0.2) is 31.7 Å². The summed E-state index contributed by atoms with van der Waals surface area (Å²) >= 11 is 0. The first-order chi connectivity index (χ1) is 13.5. The maximum absolute atomic E-state index is 12.6. The van der Waals surface area contributed by atoms with Crippen molar-refractivity contribution in [2.75, 3.05) is 25.5 Å². The van der Waals surface area contributed by atoms with Gasteiger partial charge in [-0.25, -0.2) is 0 Å². The minimum Gasteiger partial charge on any atom is -0.457 e. The molecule has 0 aliphatic heterocycles. The van der Waals surface area contributed by atoms with Crippen LogP contribution < -0.4 is 15.0 Å². The van der Waals surface area contributed by atoms with E-state index in [1.807, 2.05) is 79.7 Å². The number of nitrogens with one attached hydrogen (secondary N) is 1. The van der Waals surface area contributed by atoms with Crippen molar-refractivity contribution in [1.29, 1.82) is 0 Å². The Morgan fingerprint density at radius 2 is 1.61 bits per heavy atom. The summed E-state index contributed by atoms with van der Waals surface area (Å²) in [6.07, 6.45) is -0.789. The molecule has 2 N–H and O–H groups in total. The van der Waals surface area contributed by atoms with Gasteiger partial charge in [-0.15, -0.1) is 0 Å². The zero-order valence-electron chi connectivity index (χ0n) is 16.0. The molecule has 28 heavy (non-hydrogen) atoms. The predicted octanol–water partition coefficient (Wildman–Crippen LogP) is 4.01. The monoisotopic (exact) mass is 376 g/mol. The highest BCUT2D eigenvalue weighted by molar-refractivity contribution is 5.97. The second kappa shape index (κ2) is 9.06. The quantitative estimate of drug-likeness (QED) is 0.654. The summed E-state index contributed by atoms with van der Waals surface area (Å²) < 4.78 is 5.83. The third-order valence-corrected chi connectivity index (χ3v) is 4.35. The number of hydrogen-bond acceptors (Lipinski definition) is 4. The molecule has 3 rings (SSSR count). The first-order valence-corrected chi connectivity index (χ1v) is 9.10. The van der Waals surface area contributed by atoms with Gasteiger partial charge in [0.2, 0.25) is 0 Å². The standard InChI is InChI=1S/C23H24N2O3/c1-25(2)18-14-12-17(13-15-18)21(26)16-24-23(27)20-10-6-7-11-22(20)28-19-8-4-3-5-9-19/h3-15,21,26H,16H2,1-2H3,(H,24,27). The van der Waals surface area contributed by atoms with Gasteiger partial charge in [-0.2, -0.15) is 0 Å². The molecular formula is C23H24N2O3. The molecule has 0 fully saturated rings. The number of benzene rings is 3. The van der Waals surface area contributed by atoms with E-state index in [0.717, 1.165) is 11.3 Å². The van der Waals surface area contributed by atoms with E-state index in [2.05, 4.69) is 5.32 Å². The Balaban J connectivity index is 1.65. The molecule has 0 bridgehead atoms. The average Bonchev–Trinajstić information content (AvgIpc) is 2.73. The van der Waals surface area contributed by atoms with E-state index in [1.54, 1.807) is 18.2 Å². The summed E-state index contributed by atoms with van der Waals surface area (Å²) in [5, 5.41) is 13.2. The fourth-order valence-electron chi connectivity index (χ4n) is 2.76. The van der Waals surface area contributed by atoms with Gasteiger partial charge in [0, 0.05) is 26.3 Å². The van der Waals surface area contributed by atoms with Crippen molar-refractivity contribution < 1.29 is 14.6 Å². The van der Waals surface area contributed by atoms with Crippen molar-refractivity contribution in [1.82, 2.24) is 5.32 Å². The Kier molecular flexibility index (Phi) is 6.29. The lowest BCUT2D eigenvalue weighted by Crippen LogP contribution is -2.28. The van der Waals surface area contributed by atoms with Crippen LogP contribution in [0.25, 0.3) is 0 Å². The zero-order chi connectivity index (χ0) is 19.9. The van der Waals surface area contributed by atoms with Crippen LogP contribution in [0, 0.1) is 0 Å². The van der Waals surface area contributed by atoms with E-state index in [1.165, 1.54) is 0 Å². The molecule has 0 aliphatic carbocycles. The molecule has 3 aromatic carbocycles. The van der Waals surface area contributed by atoms with Crippen LogP contribution in [0.1, 0.15) is 22.0 Å². The fourth-order valence-corrected chi connectivity index (χ4v) is 2.76. The fraction of sp³-hybridized carbons (Fsp3) is 0.174. The van der Waals surface area contributed by atoms with Crippen LogP contribution in [-0.2, 0) is 0 Å². The summed E-state index contributed by atoms with van der Waals surface area (Å²) in [6, 6.07) is 23.9. The predicted molar refractivity (Wildman–Crippen MR) is 111 cm³/mol. The van der Waals surface area contributed by atoms with Gasteiger partial charge in [-0.1, -0.05) is 42.5 Å². The van der Waals surface area contributed by atoms with Crippen LogP contribution in [0.15, 0.2) is 78.9 Å². The van der Waals surface area contributed by atoms with E-state index < -0.39 is 6.10 Å². The highest BCUT2D eigenvalue weighted by Gasteiger charge is 2.15. The number of hydrogen-bond donors (Lipinski definition) is 2. The first kappa shape index (κ1) is 19.5. The van der Waals surface area contributed by atoms with E-state index in [9.17, 15) is 9.90 Å². The minimum absolute atomic E-state index is 0.111. The summed E-state index contributed by atoms with van der Waals surface area (Å²) in [4.78, 5) is 14.6. The molecule has 3 aromatic rings. The molecule has 0 aromatic heterocycles. The Bertz CT molecular complexity index is 909. The van der Waals surface area contributed by atoms with Crippen molar-refractivity contribution in [3.05, 3.63) is 90.0 Å². The van der Waals surface area contributed by atoms with E-state index in [-0.39, 0.29) is 12.5 Å². The number of nitrogens with zero attached hydrogens (tertiary/aromatic N) is 1. The van der Waals surface area contributed by atoms with Gasteiger partial charge in [-0.05, 0) is 42.0 Å². The molecule has 144 valence electrons. The summed E-state index contributed by atoms with van der Waals surface area (Å²) in [5.74, 6) is 0.829. The Morgan fingerprint density at radius 1 is 0.964 bits per heavy atom. The number of anilines is 1. The third kappa shape index (κ3) is 4.90. The molecule has 0 saturated heterocycles. The number of amides is 1. The molecule has 1 amide bonds. The van der Waals surface area contributed by atoms with Crippen molar-refractivity contribution in [3.63, 3.8) is 0 Å². The summed E-state index contributed by atoms with van der Waals surface area (Å²) in [5.41, 5.74) is 2.22. The lowest BCUT2D eigenvalue weighted by atomic mass is 10.1. The first-order valence-electron chi connectivity index (χ1n) is 9.10. The SMILES string of the molecule is CN(C)c1ccc(C(O)CNC(=O)c2ccccc2Oc2ccccc2)cc1. The van der Waals surface area contributed by atoms with Crippen LogP contribution in [0.2, 0.25) is 0 Å². The van der Waals surface area contributed by atoms with Gasteiger partial charge in [0.25, 0.3) is 5.91 Å². The van der Waals surface area contributed by atoms with Crippen LogP contribution in [0.3, 0.4) is 0 Å². The minimum atomic E-state index is -0.789. The smallest absolute Gasteiger partial charge is 0.255 e. The number of aliphatic hydroxyl groups excluding tert-OH is 1. The number of rotatable bonds is 7. The van der Waals surface area contributed by atoms with E-state index in [0.29, 0.717) is 17.1 Å². The lowest BCUT2D eigenvalue weighted by molar-refractivity contribution is 0.0914. The average molecular weight is 376 g/mol. The molecular weight excluding hydrogens is 352 g/mol. The highest BCUT2D eigenvalue weighted by atomic mass is 16.5. The number of carbonyl (C=O) groups excluding carboxylic acids is 1.